The number of carbonyl (C=O) groups excluding carboxylic acids is 1. The monoisotopic (exact) mass is 366 g/mol. The smallest absolute Gasteiger partial charge is 0.416 e. The molecule has 2 aromatic rings. The van der Waals surface area contributed by atoms with Crippen molar-refractivity contribution in [2.75, 3.05) is 20.7 Å². The molecule has 0 unspecified atom stereocenters. The van der Waals surface area contributed by atoms with Crippen LogP contribution in [0.25, 0.3) is 0 Å². The molecule has 7 heteroatoms. The molecule has 4 nitrogen and oxygen atoms in total. The number of rotatable bonds is 7. The van der Waals surface area contributed by atoms with Crippen LogP contribution in [0, 0.1) is 0 Å². The SMILES string of the molecule is CN(C)Cc1ccccc1CNC(=O)COc1cccc(C(F)(F)F)c1. The molecule has 0 aliphatic rings. The largest absolute Gasteiger partial charge is 0.484 e. The van der Waals surface area contributed by atoms with Gasteiger partial charge in [-0.1, -0.05) is 30.3 Å². The van der Waals surface area contributed by atoms with Crippen LogP contribution in [0.15, 0.2) is 48.5 Å². The van der Waals surface area contributed by atoms with Crippen LogP contribution in [0.1, 0.15) is 16.7 Å². The summed E-state index contributed by atoms with van der Waals surface area (Å²) in [7, 11) is 3.91. The molecule has 0 heterocycles. The fourth-order valence-corrected chi connectivity index (χ4v) is 2.38. The molecule has 0 radical (unpaired) electrons. The van der Waals surface area contributed by atoms with Crippen molar-refractivity contribution in [2.45, 2.75) is 19.3 Å². The summed E-state index contributed by atoms with van der Waals surface area (Å²) in [6, 6.07) is 12.2. The summed E-state index contributed by atoms with van der Waals surface area (Å²) in [6.07, 6.45) is -4.45. The summed E-state index contributed by atoms with van der Waals surface area (Å²) >= 11 is 0. The second-order valence-electron chi connectivity index (χ2n) is 6.10. The van der Waals surface area contributed by atoms with E-state index in [-0.39, 0.29) is 12.4 Å². The van der Waals surface area contributed by atoms with Crippen molar-refractivity contribution in [2.24, 2.45) is 0 Å². The van der Waals surface area contributed by atoms with Crippen LogP contribution in [-0.4, -0.2) is 31.5 Å². The first-order valence-electron chi connectivity index (χ1n) is 8.04. The Morgan fingerprint density at radius 2 is 1.77 bits per heavy atom. The summed E-state index contributed by atoms with van der Waals surface area (Å²) in [5.74, 6) is -0.398. The minimum atomic E-state index is -4.45. The van der Waals surface area contributed by atoms with E-state index in [9.17, 15) is 18.0 Å². The van der Waals surface area contributed by atoms with E-state index in [1.165, 1.54) is 12.1 Å². The highest BCUT2D eigenvalue weighted by molar-refractivity contribution is 5.77. The van der Waals surface area contributed by atoms with Gasteiger partial charge in [-0.25, -0.2) is 0 Å². The number of alkyl halides is 3. The molecule has 1 amide bonds. The number of nitrogens with one attached hydrogen (secondary N) is 1. The zero-order chi connectivity index (χ0) is 19.2. The van der Waals surface area contributed by atoms with E-state index in [1.54, 1.807) is 0 Å². The third kappa shape index (κ3) is 6.07. The summed E-state index contributed by atoms with van der Waals surface area (Å²) in [4.78, 5) is 14.0. The van der Waals surface area contributed by atoms with Gasteiger partial charge in [-0.2, -0.15) is 13.2 Å². The van der Waals surface area contributed by atoms with E-state index in [4.69, 9.17) is 4.74 Å². The maximum absolute atomic E-state index is 12.7. The standard InChI is InChI=1S/C19H21F3N2O2/c1-24(2)12-15-7-4-3-6-14(15)11-23-18(25)13-26-17-9-5-8-16(10-17)19(20,21)22/h3-10H,11-13H2,1-2H3,(H,23,25). The number of nitrogens with zero attached hydrogens (tertiary/aromatic N) is 1. The van der Waals surface area contributed by atoms with Gasteiger partial charge in [0.2, 0.25) is 0 Å². The Kier molecular flexibility index (Phi) is 6.63. The van der Waals surface area contributed by atoms with E-state index in [1.807, 2.05) is 43.3 Å². The van der Waals surface area contributed by atoms with E-state index in [0.29, 0.717) is 6.54 Å². The molecule has 0 saturated heterocycles. The summed E-state index contributed by atoms with van der Waals surface area (Å²) in [5.41, 5.74) is 1.26. The molecule has 0 aliphatic carbocycles. The van der Waals surface area contributed by atoms with Gasteiger partial charge in [-0.15, -0.1) is 0 Å². The molecule has 0 atom stereocenters. The molecule has 0 aromatic heterocycles. The first kappa shape index (κ1) is 19.8. The molecule has 0 fully saturated rings. The van der Waals surface area contributed by atoms with E-state index in [0.717, 1.165) is 29.8 Å². The quantitative estimate of drug-likeness (QED) is 0.816. The van der Waals surface area contributed by atoms with Crippen molar-refractivity contribution < 1.29 is 22.7 Å². The van der Waals surface area contributed by atoms with Crippen molar-refractivity contribution in [3.8, 4) is 5.75 Å². The second-order valence-corrected chi connectivity index (χ2v) is 6.10. The van der Waals surface area contributed by atoms with Crippen molar-refractivity contribution in [3.05, 3.63) is 65.2 Å². The van der Waals surface area contributed by atoms with Crippen molar-refractivity contribution in [1.29, 1.82) is 0 Å². The lowest BCUT2D eigenvalue weighted by molar-refractivity contribution is -0.137. The maximum Gasteiger partial charge on any atom is 0.416 e. The maximum atomic E-state index is 12.7. The van der Waals surface area contributed by atoms with Crippen molar-refractivity contribution >= 4 is 5.91 Å². The number of hydrogen-bond donors (Lipinski definition) is 1. The van der Waals surface area contributed by atoms with Crippen LogP contribution >= 0.6 is 0 Å². The number of amides is 1. The molecule has 140 valence electrons. The van der Waals surface area contributed by atoms with Gasteiger partial charge >= 0.3 is 6.18 Å². The fraction of sp³-hybridized carbons (Fsp3) is 0.316. The van der Waals surface area contributed by atoms with Gasteiger partial charge in [-0.3, -0.25) is 4.79 Å². The molecule has 2 aromatic carbocycles. The Morgan fingerprint density at radius 3 is 2.42 bits per heavy atom. The predicted octanol–water partition coefficient (Wildman–Crippen LogP) is 3.46. The van der Waals surface area contributed by atoms with Crippen LogP contribution in [0.4, 0.5) is 13.2 Å². The minimum absolute atomic E-state index is 0.00276. The molecule has 0 spiro atoms. The number of halogens is 3. The number of benzene rings is 2. The average Bonchev–Trinajstić information content (AvgIpc) is 2.58. The van der Waals surface area contributed by atoms with E-state index < -0.39 is 17.6 Å². The third-order valence-electron chi connectivity index (χ3n) is 3.61. The highest BCUT2D eigenvalue weighted by atomic mass is 19.4. The van der Waals surface area contributed by atoms with Crippen molar-refractivity contribution in [1.82, 2.24) is 10.2 Å². The highest BCUT2D eigenvalue weighted by Gasteiger charge is 2.30. The van der Waals surface area contributed by atoms with Gasteiger partial charge < -0.3 is 15.0 Å². The normalized spacial score (nSPS) is 11.5. The van der Waals surface area contributed by atoms with Gasteiger partial charge in [0.25, 0.3) is 5.91 Å². The van der Waals surface area contributed by atoms with Gasteiger partial charge in [0.15, 0.2) is 6.61 Å². The zero-order valence-electron chi connectivity index (χ0n) is 14.6. The molecular weight excluding hydrogens is 345 g/mol. The molecule has 26 heavy (non-hydrogen) atoms. The Balaban J connectivity index is 1.89. The third-order valence-corrected chi connectivity index (χ3v) is 3.61. The van der Waals surface area contributed by atoms with Crippen LogP contribution in [0.3, 0.4) is 0 Å². The lowest BCUT2D eigenvalue weighted by Gasteiger charge is -2.15. The molecule has 0 bridgehead atoms. The van der Waals surface area contributed by atoms with Crippen LogP contribution in [0.5, 0.6) is 5.75 Å². The summed E-state index contributed by atoms with van der Waals surface area (Å²) in [6.45, 7) is 0.721. The van der Waals surface area contributed by atoms with Crippen LogP contribution in [0.2, 0.25) is 0 Å². The van der Waals surface area contributed by atoms with Gasteiger partial charge in [-0.05, 0) is 43.4 Å². The van der Waals surface area contributed by atoms with E-state index >= 15 is 0 Å². The zero-order valence-corrected chi connectivity index (χ0v) is 14.6. The van der Waals surface area contributed by atoms with Crippen LogP contribution in [-0.2, 0) is 24.1 Å². The second kappa shape index (κ2) is 8.71. The predicted molar refractivity (Wildman–Crippen MR) is 92.6 cm³/mol. The Morgan fingerprint density at radius 1 is 1.08 bits per heavy atom. The number of hydrogen-bond acceptors (Lipinski definition) is 3. The first-order chi connectivity index (χ1) is 12.3. The molecule has 0 saturated carbocycles. The van der Waals surface area contributed by atoms with E-state index in [2.05, 4.69) is 5.32 Å². The number of carbonyl (C=O) groups is 1. The minimum Gasteiger partial charge on any atom is -0.484 e. The highest BCUT2D eigenvalue weighted by Crippen LogP contribution is 2.31. The molecular formula is C19H21F3N2O2. The Bertz CT molecular complexity index is 746. The van der Waals surface area contributed by atoms with Gasteiger partial charge in [0, 0.05) is 13.1 Å². The Hall–Kier alpha value is -2.54. The lowest BCUT2D eigenvalue weighted by atomic mass is 10.1. The van der Waals surface area contributed by atoms with Gasteiger partial charge in [0.1, 0.15) is 5.75 Å². The van der Waals surface area contributed by atoms with Gasteiger partial charge in [0.05, 0.1) is 5.56 Å². The average molecular weight is 366 g/mol. The topological polar surface area (TPSA) is 41.6 Å². The molecule has 0 aliphatic heterocycles. The first-order valence-corrected chi connectivity index (χ1v) is 8.04. The molecule has 1 N–H and O–H groups in total. The molecule has 2 rings (SSSR count). The number of ether oxygens (including phenoxy) is 1. The van der Waals surface area contributed by atoms with Crippen LogP contribution < -0.4 is 10.1 Å². The summed E-state index contributed by atoms with van der Waals surface area (Å²) in [5, 5.41) is 2.72. The Labute approximate surface area is 150 Å². The fourth-order valence-electron chi connectivity index (χ4n) is 2.38. The van der Waals surface area contributed by atoms with Crippen molar-refractivity contribution in [3.63, 3.8) is 0 Å². The lowest BCUT2D eigenvalue weighted by Crippen LogP contribution is -2.29. The summed E-state index contributed by atoms with van der Waals surface area (Å²) < 4.78 is 43.2.